The first-order chi connectivity index (χ1) is 11.3. The third kappa shape index (κ3) is 2.84. The highest BCUT2D eigenvalue weighted by molar-refractivity contribution is 5.14. The van der Waals surface area contributed by atoms with E-state index in [0.29, 0.717) is 6.61 Å². The highest BCUT2D eigenvalue weighted by Crippen LogP contribution is 2.40. The van der Waals surface area contributed by atoms with E-state index in [0.717, 1.165) is 38.4 Å². The molecule has 2 aromatic heterocycles. The van der Waals surface area contributed by atoms with E-state index in [-0.39, 0.29) is 17.4 Å². The molecule has 2 aliphatic heterocycles. The number of likely N-dealkylation sites (tertiary alicyclic amines) is 1. The van der Waals surface area contributed by atoms with Crippen molar-refractivity contribution in [3.05, 3.63) is 48.3 Å². The van der Waals surface area contributed by atoms with E-state index >= 15 is 0 Å². The summed E-state index contributed by atoms with van der Waals surface area (Å²) in [5.41, 5.74) is -0.169. The molecule has 0 N–H and O–H groups in total. The number of ether oxygens (including phenoxy) is 2. The molecule has 1 atom stereocenters. The van der Waals surface area contributed by atoms with Gasteiger partial charge in [-0.15, -0.1) is 0 Å². The van der Waals surface area contributed by atoms with Gasteiger partial charge in [-0.25, -0.2) is 9.37 Å². The summed E-state index contributed by atoms with van der Waals surface area (Å²) in [7, 11) is 0. The molecule has 4 rings (SSSR count). The summed E-state index contributed by atoms with van der Waals surface area (Å²) < 4.78 is 30.5. The Morgan fingerprint density at radius 2 is 2.26 bits per heavy atom. The molecule has 4 heterocycles. The molecule has 0 aliphatic carbocycles. The zero-order chi connectivity index (χ0) is 15.7. The van der Waals surface area contributed by atoms with Gasteiger partial charge in [0.2, 0.25) is 5.88 Å². The Morgan fingerprint density at radius 3 is 3.04 bits per heavy atom. The fourth-order valence-electron chi connectivity index (χ4n) is 3.47. The smallest absolute Gasteiger partial charge is 0.250 e. The Balaban J connectivity index is 1.34. The highest BCUT2D eigenvalue weighted by Gasteiger charge is 2.53. The molecule has 23 heavy (non-hydrogen) atoms. The van der Waals surface area contributed by atoms with Crippen molar-refractivity contribution in [2.24, 2.45) is 5.92 Å². The molecule has 5 nitrogen and oxygen atoms in total. The molecule has 2 aromatic rings. The van der Waals surface area contributed by atoms with Gasteiger partial charge >= 0.3 is 0 Å². The van der Waals surface area contributed by atoms with Crippen LogP contribution in [0.25, 0.3) is 0 Å². The zero-order valence-electron chi connectivity index (χ0n) is 12.8. The van der Waals surface area contributed by atoms with Crippen LogP contribution in [-0.4, -0.2) is 41.8 Å². The molecule has 2 saturated heterocycles. The molecule has 2 aliphatic rings. The first kappa shape index (κ1) is 14.7. The van der Waals surface area contributed by atoms with E-state index in [9.17, 15) is 4.39 Å². The molecule has 0 bridgehead atoms. The minimum atomic E-state index is -0.423. The van der Waals surface area contributed by atoms with Crippen LogP contribution in [0.2, 0.25) is 0 Å². The van der Waals surface area contributed by atoms with Gasteiger partial charge in [0.05, 0.1) is 25.0 Å². The van der Waals surface area contributed by atoms with Gasteiger partial charge in [-0.05, 0) is 30.7 Å². The average Bonchev–Trinajstić information content (AvgIpc) is 3.16. The molecule has 1 spiro atoms. The fraction of sp³-hybridized carbons (Fsp3) is 0.471. The second kappa shape index (κ2) is 5.94. The van der Waals surface area contributed by atoms with Gasteiger partial charge < -0.3 is 13.9 Å². The Bertz CT molecular complexity index is 656. The number of pyridine rings is 1. The number of rotatable bonds is 5. The monoisotopic (exact) mass is 318 g/mol. The van der Waals surface area contributed by atoms with Gasteiger partial charge in [0.1, 0.15) is 5.76 Å². The van der Waals surface area contributed by atoms with Crippen LogP contribution in [0, 0.1) is 11.7 Å². The fourth-order valence-corrected chi connectivity index (χ4v) is 3.47. The first-order valence-electron chi connectivity index (χ1n) is 7.87. The van der Waals surface area contributed by atoms with Crippen molar-refractivity contribution in [2.75, 3.05) is 26.3 Å². The molecular formula is C17H19FN2O3. The summed E-state index contributed by atoms with van der Waals surface area (Å²) in [6.45, 7) is 3.66. The molecule has 0 radical (unpaired) electrons. The Morgan fingerprint density at radius 1 is 1.35 bits per heavy atom. The van der Waals surface area contributed by atoms with E-state index in [1.165, 1.54) is 12.3 Å². The van der Waals surface area contributed by atoms with Gasteiger partial charge in [0.15, 0.2) is 5.82 Å². The van der Waals surface area contributed by atoms with Crippen LogP contribution < -0.4 is 4.74 Å². The lowest BCUT2D eigenvalue weighted by Gasteiger charge is -2.49. The van der Waals surface area contributed by atoms with Crippen molar-refractivity contribution in [3.8, 4) is 5.88 Å². The minimum Gasteiger partial charge on any atom is -0.475 e. The lowest BCUT2D eigenvalue weighted by atomic mass is 9.81. The van der Waals surface area contributed by atoms with Gasteiger partial charge in [0, 0.05) is 31.8 Å². The van der Waals surface area contributed by atoms with E-state index < -0.39 is 5.82 Å². The molecule has 2 fully saturated rings. The molecule has 0 amide bonds. The Kier molecular flexibility index (Phi) is 3.79. The van der Waals surface area contributed by atoms with Crippen LogP contribution in [0.1, 0.15) is 12.2 Å². The summed E-state index contributed by atoms with van der Waals surface area (Å²) in [6.07, 6.45) is 4.16. The summed E-state index contributed by atoms with van der Waals surface area (Å²) >= 11 is 0. The van der Waals surface area contributed by atoms with Crippen LogP contribution in [0.15, 0.2) is 41.1 Å². The molecular weight excluding hydrogens is 299 g/mol. The SMILES string of the molecule is Fc1cccnc1OC[C@@H]1CCOC12CN(Cc1ccco1)C2. The largest absolute Gasteiger partial charge is 0.475 e. The normalized spacial score (nSPS) is 23.1. The number of halogens is 1. The lowest BCUT2D eigenvalue weighted by molar-refractivity contribution is -0.142. The van der Waals surface area contributed by atoms with E-state index in [2.05, 4.69) is 9.88 Å². The Hall–Kier alpha value is -1.92. The van der Waals surface area contributed by atoms with E-state index in [4.69, 9.17) is 13.9 Å². The van der Waals surface area contributed by atoms with Crippen molar-refractivity contribution < 1.29 is 18.3 Å². The minimum absolute atomic E-state index is 0.0707. The van der Waals surface area contributed by atoms with Crippen molar-refractivity contribution in [3.63, 3.8) is 0 Å². The summed E-state index contributed by atoms with van der Waals surface area (Å²) in [4.78, 5) is 6.23. The molecule has 0 unspecified atom stereocenters. The maximum atomic E-state index is 13.6. The first-order valence-corrected chi connectivity index (χ1v) is 7.87. The standard InChI is InChI=1S/C17H19FN2O3/c18-15-4-1-6-19-16(15)22-10-13-5-8-23-17(13)11-20(12-17)9-14-3-2-7-21-14/h1-4,6-7,13H,5,8-12H2/t13-/m0/s1. The second-order valence-electron chi connectivity index (χ2n) is 6.22. The van der Waals surface area contributed by atoms with Crippen LogP contribution in [0.4, 0.5) is 4.39 Å². The van der Waals surface area contributed by atoms with Crippen LogP contribution >= 0.6 is 0 Å². The molecule has 6 heteroatoms. The van der Waals surface area contributed by atoms with Gasteiger partial charge in [-0.3, -0.25) is 4.90 Å². The summed E-state index contributed by atoms with van der Waals surface area (Å²) in [5.74, 6) is 0.868. The van der Waals surface area contributed by atoms with Crippen molar-refractivity contribution in [1.29, 1.82) is 0 Å². The molecule has 0 aromatic carbocycles. The molecule has 0 saturated carbocycles. The highest BCUT2D eigenvalue weighted by atomic mass is 19.1. The number of furan rings is 1. The van der Waals surface area contributed by atoms with E-state index in [1.807, 2.05) is 12.1 Å². The van der Waals surface area contributed by atoms with Crippen LogP contribution in [-0.2, 0) is 11.3 Å². The number of hydrogen-bond acceptors (Lipinski definition) is 5. The van der Waals surface area contributed by atoms with Crippen LogP contribution in [0.3, 0.4) is 0 Å². The maximum absolute atomic E-state index is 13.6. The van der Waals surface area contributed by atoms with Crippen molar-refractivity contribution >= 4 is 0 Å². The number of aromatic nitrogens is 1. The maximum Gasteiger partial charge on any atom is 0.250 e. The van der Waals surface area contributed by atoms with Crippen molar-refractivity contribution in [2.45, 2.75) is 18.6 Å². The topological polar surface area (TPSA) is 47.7 Å². The quantitative estimate of drug-likeness (QED) is 0.847. The van der Waals surface area contributed by atoms with Crippen molar-refractivity contribution in [1.82, 2.24) is 9.88 Å². The van der Waals surface area contributed by atoms with Gasteiger partial charge in [-0.2, -0.15) is 0 Å². The summed E-state index contributed by atoms with van der Waals surface area (Å²) in [6, 6.07) is 6.79. The number of hydrogen-bond donors (Lipinski definition) is 0. The third-order valence-corrected chi connectivity index (χ3v) is 4.69. The van der Waals surface area contributed by atoms with Gasteiger partial charge in [0.25, 0.3) is 0 Å². The van der Waals surface area contributed by atoms with Crippen LogP contribution in [0.5, 0.6) is 5.88 Å². The zero-order valence-corrected chi connectivity index (χ0v) is 12.8. The third-order valence-electron chi connectivity index (χ3n) is 4.69. The molecule has 122 valence electrons. The van der Waals surface area contributed by atoms with E-state index in [1.54, 1.807) is 12.3 Å². The predicted octanol–water partition coefficient (Wildman–Crippen LogP) is 2.48. The lowest BCUT2D eigenvalue weighted by Crippen LogP contribution is -2.64. The van der Waals surface area contributed by atoms with Gasteiger partial charge in [-0.1, -0.05) is 0 Å². The second-order valence-corrected chi connectivity index (χ2v) is 6.22. The number of nitrogens with zero attached hydrogens (tertiary/aromatic N) is 2. The summed E-state index contributed by atoms with van der Waals surface area (Å²) in [5, 5.41) is 0. The average molecular weight is 318 g/mol. The predicted molar refractivity (Wildman–Crippen MR) is 80.5 cm³/mol. The Labute approximate surface area is 134 Å².